The monoisotopic (exact) mass is 480 g/mol. The van der Waals surface area contributed by atoms with Crippen LogP contribution in [-0.4, -0.2) is 13.0 Å². The van der Waals surface area contributed by atoms with E-state index in [0.717, 1.165) is 16.7 Å². The molecular weight excluding hydrogens is 459 g/mol. The van der Waals surface area contributed by atoms with Crippen molar-refractivity contribution in [2.75, 3.05) is 12.4 Å². The number of amides is 1. The molecule has 0 aliphatic rings. The van der Waals surface area contributed by atoms with Gasteiger partial charge in [0.25, 0.3) is 5.91 Å². The summed E-state index contributed by atoms with van der Waals surface area (Å²) >= 11 is 12.1. The van der Waals surface area contributed by atoms with E-state index in [1.54, 1.807) is 36.4 Å². The summed E-state index contributed by atoms with van der Waals surface area (Å²) in [5.41, 5.74) is 3.97. The Morgan fingerprint density at radius 3 is 2.55 bits per heavy atom. The molecule has 0 saturated carbocycles. The van der Waals surface area contributed by atoms with Gasteiger partial charge in [-0.05, 0) is 66.9 Å². The fraction of sp³-hybridized carbons (Fsp3) is 0.154. The van der Waals surface area contributed by atoms with Crippen LogP contribution in [0.4, 0.5) is 5.69 Å². The molecule has 1 amide bonds. The number of nitriles is 1. The second kappa shape index (κ2) is 10.9. The molecule has 0 fully saturated rings. The minimum atomic E-state index is -0.483. The highest BCUT2D eigenvalue weighted by atomic mass is 35.5. The maximum absolute atomic E-state index is 12.7. The smallest absolute Gasteiger partial charge is 0.266 e. The van der Waals surface area contributed by atoms with E-state index in [4.69, 9.17) is 32.7 Å². The zero-order valence-electron chi connectivity index (χ0n) is 18.4. The molecule has 0 aromatic heterocycles. The van der Waals surface area contributed by atoms with Gasteiger partial charge < -0.3 is 14.8 Å². The van der Waals surface area contributed by atoms with E-state index >= 15 is 0 Å². The zero-order chi connectivity index (χ0) is 24.0. The lowest BCUT2D eigenvalue weighted by molar-refractivity contribution is -0.112. The number of aryl methyl sites for hydroxylation is 2. The Morgan fingerprint density at radius 2 is 1.85 bits per heavy atom. The Bertz CT molecular complexity index is 1260. The molecule has 3 rings (SSSR count). The topological polar surface area (TPSA) is 71.3 Å². The molecule has 0 atom stereocenters. The number of hydrogen-bond donors (Lipinski definition) is 1. The minimum absolute atomic E-state index is 0.0282. The van der Waals surface area contributed by atoms with Crippen molar-refractivity contribution in [1.29, 1.82) is 5.26 Å². The number of ether oxygens (including phenoxy) is 2. The summed E-state index contributed by atoms with van der Waals surface area (Å²) < 4.78 is 11.3. The molecule has 5 nitrogen and oxygen atoms in total. The molecule has 0 unspecified atom stereocenters. The SMILES string of the molecule is COc1cc(/C=C(/C#N)C(=O)Nc2cc(C)ccc2C)ccc1OCc1ccc(Cl)cc1Cl. The molecule has 0 spiro atoms. The molecule has 0 heterocycles. The van der Waals surface area contributed by atoms with Crippen molar-refractivity contribution in [1.82, 2.24) is 0 Å². The van der Waals surface area contributed by atoms with Gasteiger partial charge >= 0.3 is 0 Å². The van der Waals surface area contributed by atoms with Crippen molar-refractivity contribution in [3.8, 4) is 17.6 Å². The zero-order valence-corrected chi connectivity index (χ0v) is 19.9. The summed E-state index contributed by atoms with van der Waals surface area (Å²) in [5, 5.41) is 13.4. The molecule has 0 saturated heterocycles. The van der Waals surface area contributed by atoms with Crippen molar-refractivity contribution < 1.29 is 14.3 Å². The summed E-state index contributed by atoms with van der Waals surface area (Å²) in [6.45, 7) is 4.06. The van der Waals surface area contributed by atoms with Gasteiger partial charge in [0.1, 0.15) is 18.2 Å². The first-order valence-electron chi connectivity index (χ1n) is 10.1. The Kier molecular flexibility index (Phi) is 8.00. The molecule has 0 aliphatic heterocycles. The number of nitrogens with one attached hydrogen (secondary N) is 1. The molecule has 0 aliphatic carbocycles. The quantitative estimate of drug-likeness (QED) is 0.300. The second-order valence-electron chi connectivity index (χ2n) is 7.38. The Balaban J connectivity index is 1.78. The molecule has 168 valence electrons. The van der Waals surface area contributed by atoms with E-state index in [9.17, 15) is 10.1 Å². The van der Waals surface area contributed by atoms with Crippen LogP contribution in [0.15, 0.2) is 60.2 Å². The third-order valence-corrected chi connectivity index (χ3v) is 5.49. The van der Waals surface area contributed by atoms with Gasteiger partial charge in [-0.15, -0.1) is 0 Å². The number of benzene rings is 3. The highest BCUT2D eigenvalue weighted by Crippen LogP contribution is 2.31. The van der Waals surface area contributed by atoms with Crippen LogP contribution < -0.4 is 14.8 Å². The van der Waals surface area contributed by atoms with E-state index in [2.05, 4.69) is 5.32 Å². The number of rotatable bonds is 7. The van der Waals surface area contributed by atoms with Crippen LogP contribution in [0.5, 0.6) is 11.5 Å². The standard InChI is InChI=1S/C26H22Cl2N2O3/c1-16-4-5-17(2)23(10-16)30-26(31)20(14-29)11-18-6-9-24(25(12-18)32-3)33-15-19-7-8-21(27)13-22(19)28/h4-13H,15H2,1-3H3,(H,30,31)/b20-11-. The van der Waals surface area contributed by atoms with Gasteiger partial charge in [0.05, 0.1) is 7.11 Å². The van der Waals surface area contributed by atoms with Crippen LogP contribution in [0.25, 0.3) is 6.08 Å². The highest BCUT2D eigenvalue weighted by molar-refractivity contribution is 6.35. The van der Waals surface area contributed by atoms with E-state index in [-0.39, 0.29) is 12.2 Å². The number of anilines is 1. The summed E-state index contributed by atoms with van der Waals surface area (Å²) in [7, 11) is 1.52. The molecule has 7 heteroatoms. The second-order valence-corrected chi connectivity index (χ2v) is 8.22. The fourth-order valence-corrected chi connectivity index (χ4v) is 3.53. The molecule has 33 heavy (non-hydrogen) atoms. The predicted octanol–water partition coefficient (Wildman–Crippen LogP) is 6.74. The molecule has 0 radical (unpaired) electrons. The average Bonchev–Trinajstić information content (AvgIpc) is 2.79. The van der Waals surface area contributed by atoms with Crippen LogP contribution in [0.2, 0.25) is 10.0 Å². The molecule has 3 aromatic carbocycles. The van der Waals surface area contributed by atoms with Crippen molar-refractivity contribution in [3.05, 3.63) is 92.5 Å². The molecule has 1 N–H and O–H groups in total. The lowest BCUT2D eigenvalue weighted by atomic mass is 10.1. The first-order valence-corrected chi connectivity index (χ1v) is 10.8. The summed E-state index contributed by atoms with van der Waals surface area (Å²) in [6.07, 6.45) is 1.50. The van der Waals surface area contributed by atoms with Crippen LogP contribution in [0.1, 0.15) is 22.3 Å². The first kappa shape index (κ1) is 24.2. The van der Waals surface area contributed by atoms with Crippen LogP contribution in [0.3, 0.4) is 0 Å². The van der Waals surface area contributed by atoms with Crippen molar-refractivity contribution in [3.63, 3.8) is 0 Å². The summed E-state index contributed by atoms with van der Waals surface area (Å²) in [4.78, 5) is 12.7. The van der Waals surface area contributed by atoms with Gasteiger partial charge in [0.15, 0.2) is 11.5 Å². The molecular formula is C26H22Cl2N2O3. The third-order valence-electron chi connectivity index (χ3n) is 4.90. The summed E-state index contributed by atoms with van der Waals surface area (Å²) in [5.74, 6) is 0.475. The van der Waals surface area contributed by atoms with Gasteiger partial charge in [-0.3, -0.25) is 4.79 Å². The molecule has 0 bridgehead atoms. The van der Waals surface area contributed by atoms with Crippen molar-refractivity contribution in [2.24, 2.45) is 0 Å². The number of carbonyl (C=O) groups excluding carboxylic acids is 1. The van der Waals surface area contributed by atoms with Crippen LogP contribution in [-0.2, 0) is 11.4 Å². The third kappa shape index (κ3) is 6.29. The van der Waals surface area contributed by atoms with Crippen molar-refractivity contribution in [2.45, 2.75) is 20.5 Å². The predicted molar refractivity (Wildman–Crippen MR) is 132 cm³/mol. The lowest BCUT2D eigenvalue weighted by Gasteiger charge is -2.12. The largest absolute Gasteiger partial charge is 0.493 e. The number of methoxy groups -OCH3 is 1. The van der Waals surface area contributed by atoms with Gasteiger partial charge in [-0.1, -0.05) is 47.5 Å². The Labute approximate surface area is 203 Å². The van der Waals surface area contributed by atoms with E-state index in [1.807, 2.05) is 38.1 Å². The minimum Gasteiger partial charge on any atom is -0.493 e. The maximum atomic E-state index is 12.7. The van der Waals surface area contributed by atoms with Crippen molar-refractivity contribution >= 4 is 40.9 Å². The highest BCUT2D eigenvalue weighted by Gasteiger charge is 2.13. The maximum Gasteiger partial charge on any atom is 0.266 e. The Morgan fingerprint density at radius 1 is 1.06 bits per heavy atom. The molecule has 3 aromatic rings. The Hall–Kier alpha value is -3.46. The lowest BCUT2D eigenvalue weighted by Crippen LogP contribution is -2.14. The van der Waals surface area contributed by atoms with E-state index in [0.29, 0.717) is 32.8 Å². The first-order chi connectivity index (χ1) is 15.8. The van der Waals surface area contributed by atoms with E-state index < -0.39 is 5.91 Å². The summed E-state index contributed by atoms with van der Waals surface area (Å²) in [6, 6.07) is 18.0. The number of carbonyl (C=O) groups is 1. The van der Waals surface area contributed by atoms with Gasteiger partial charge in [0, 0.05) is 21.3 Å². The van der Waals surface area contributed by atoms with E-state index in [1.165, 1.54) is 13.2 Å². The van der Waals surface area contributed by atoms with Crippen LogP contribution in [0, 0.1) is 25.2 Å². The number of hydrogen-bond acceptors (Lipinski definition) is 4. The average molecular weight is 481 g/mol. The number of nitrogens with zero attached hydrogens (tertiary/aromatic N) is 1. The van der Waals surface area contributed by atoms with Gasteiger partial charge in [-0.2, -0.15) is 5.26 Å². The van der Waals surface area contributed by atoms with Crippen LogP contribution >= 0.6 is 23.2 Å². The number of halogens is 2. The van der Waals surface area contributed by atoms with Gasteiger partial charge in [0.2, 0.25) is 0 Å². The normalized spacial score (nSPS) is 11.0. The van der Waals surface area contributed by atoms with Gasteiger partial charge in [-0.25, -0.2) is 0 Å². The fourth-order valence-electron chi connectivity index (χ4n) is 3.06.